The van der Waals surface area contributed by atoms with Crippen LogP contribution in [0.5, 0.6) is 0 Å². The maximum atomic E-state index is 10.3. The van der Waals surface area contributed by atoms with Gasteiger partial charge in [-0.05, 0) is 58.4 Å². The van der Waals surface area contributed by atoms with E-state index in [0.29, 0.717) is 6.42 Å². The fraction of sp³-hybridized carbons (Fsp3) is 1.00. The topological polar surface area (TPSA) is 116 Å². The van der Waals surface area contributed by atoms with Gasteiger partial charge in [0.15, 0.2) is 0 Å². The number of nitrogens with two attached hydrogens (primary N) is 1. The Morgan fingerprint density at radius 2 is 1.33 bits per heavy atom. The second-order valence-electron chi connectivity index (χ2n) is 4.07. The molecule has 0 saturated carbocycles. The fourth-order valence-electron chi connectivity index (χ4n) is 1.39. The van der Waals surface area contributed by atoms with Crippen LogP contribution in [0.2, 0.25) is 0 Å². The van der Waals surface area contributed by atoms with Gasteiger partial charge in [-0.3, -0.25) is 4.55 Å². The zero-order chi connectivity index (χ0) is 13.7. The van der Waals surface area contributed by atoms with E-state index in [0.717, 1.165) is 52.0 Å². The average molecular weight is 282 g/mol. The van der Waals surface area contributed by atoms with Gasteiger partial charge < -0.3 is 16.4 Å². The van der Waals surface area contributed by atoms with Crippen LogP contribution in [0.15, 0.2) is 0 Å². The van der Waals surface area contributed by atoms with Gasteiger partial charge >= 0.3 is 10.3 Å². The van der Waals surface area contributed by atoms with E-state index < -0.39 is 10.3 Å². The highest BCUT2D eigenvalue weighted by atomic mass is 32.2. The van der Waals surface area contributed by atoms with Gasteiger partial charge in [0.1, 0.15) is 0 Å². The highest BCUT2D eigenvalue weighted by molar-refractivity contribution is 7.83. The standard InChI is InChI=1S/C10H26N4O3S/c11-5-3-8-12-6-1-2-7-13-9-4-10-14-18(15,16)17/h12-14H,1-11H2,(H,15,16,17). The molecule has 0 unspecified atom stereocenters. The SMILES string of the molecule is NCCCNCCCCNCCCNS(=O)(=O)O. The molecule has 0 aliphatic heterocycles. The summed E-state index contributed by atoms with van der Waals surface area (Å²) in [5.74, 6) is 0. The molecule has 6 N–H and O–H groups in total. The van der Waals surface area contributed by atoms with E-state index in [1.807, 2.05) is 4.72 Å². The Kier molecular flexibility index (Phi) is 11.7. The van der Waals surface area contributed by atoms with E-state index in [-0.39, 0.29) is 6.54 Å². The summed E-state index contributed by atoms with van der Waals surface area (Å²) >= 11 is 0. The Balaban J connectivity index is 3.03. The van der Waals surface area contributed by atoms with Crippen LogP contribution >= 0.6 is 0 Å². The summed E-state index contributed by atoms with van der Waals surface area (Å²) in [6.07, 6.45) is 3.87. The number of rotatable bonds is 13. The van der Waals surface area contributed by atoms with Gasteiger partial charge in [-0.15, -0.1) is 0 Å². The van der Waals surface area contributed by atoms with E-state index in [9.17, 15) is 8.42 Å². The molecule has 7 nitrogen and oxygen atoms in total. The monoisotopic (exact) mass is 282 g/mol. The quantitative estimate of drug-likeness (QED) is 0.220. The molecule has 0 aliphatic rings. The van der Waals surface area contributed by atoms with Gasteiger partial charge in [0.25, 0.3) is 0 Å². The van der Waals surface area contributed by atoms with Crippen molar-refractivity contribution in [3.63, 3.8) is 0 Å². The van der Waals surface area contributed by atoms with Crippen LogP contribution in [-0.4, -0.2) is 52.2 Å². The highest BCUT2D eigenvalue weighted by Crippen LogP contribution is 1.85. The molecule has 8 heteroatoms. The third-order valence-corrected chi connectivity index (χ3v) is 2.90. The molecule has 18 heavy (non-hydrogen) atoms. The summed E-state index contributed by atoms with van der Waals surface area (Å²) < 4.78 is 31.1. The molecular formula is C10H26N4O3S. The van der Waals surface area contributed by atoms with Gasteiger partial charge in [-0.1, -0.05) is 0 Å². The molecule has 0 aromatic carbocycles. The van der Waals surface area contributed by atoms with Crippen LogP contribution in [0.4, 0.5) is 0 Å². The van der Waals surface area contributed by atoms with Crippen molar-refractivity contribution < 1.29 is 13.0 Å². The van der Waals surface area contributed by atoms with Gasteiger partial charge in [-0.2, -0.15) is 13.1 Å². The van der Waals surface area contributed by atoms with Crippen LogP contribution in [0.3, 0.4) is 0 Å². The second-order valence-corrected chi connectivity index (χ2v) is 5.31. The largest absolute Gasteiger partial charge is 0.333 e. The van der Waals surface area contributed by atoms with Crippen molar-refractivity contribution in [1.29, 1.82) is 0 Å². The number of unbranched alkanes of at least 4 members (excludes halogenated alkanes) is 1. The van der Waals surface area contributed by atoms with Gasteiger partial charge in [0.05, 0.1) is 0 Å². The average Bonchev–Trinajstić information content (AvgIpc) is 2.29. The minimum Gasteiger partial charge on any atom is -0.330 e. The lowest BCUT2D eigenvalue weighted by Gasteiger charge is -2.06. The van der Waals surface area contributed by atoms with Crippen molar-refractivity contribution in [2.45, 2.75) is 25.7 Å². The first kappa shape index (κ1) is 17.8. The summed E-state index contributed by atoms with van der Waals surface area (Å²) in [5, 5.41) is 6.51. The predicted molar refractivity (Wildman–Crippen MR) is 72.8 cm³/mol. The van der Waals surface area contributed by atoms with E-state index in [4.69, 9.17) is 10.3 Å². The lowest BCUT2D eigenvalue weighted by molar-refractivity contribution is 0.465. The van der Waals surface area contributed by atoms with Crippen LogP contribution in [0.25, 0.3) is 0 Å². The minimum absolute atomic E-state index is 0.256. The summed E-state index contributed by atoms with van der Waals surface area (Å²) in [6.45, 7) is 4.63. The summed E-state index contributed by atoms with van der Waals surface area (Å²) in [4.78, 5) is 0. The molecule has 0 spiro atoms. The first-order valence-corrected chi connectivity index (χ1v) is 7.84. The first-order valence-electron chi connectivity index (χ1n) is 6.40. The molecule has 0 saturated heterocycles. The molecule has 0 aromatic rings. The van der Waals surface area contributed by atoms with Gasteiger partial charge in [0, 0.05) is 6.54 Å². The zero-order valence-electron chi connectivity index (χ0n) is 10.8. The highest BCUT2D eigenvalue weighted by Gasteiger charge is 2.00. The Morgan fingerprint density at radius 1 is 0.833 bits per heavy atom. The molecule has 0 bridgehead atoms. The molecule has 0 atom stereocenters. The third-order valence-electron chi connectivity index (χ3n) is 2.33. The van der Waals surface area contributed by atoms with Crippen molar-refractivity contribution in [2.24, 2.45) is 5.73 Å². The van der Waals surface area contributed by atoms with E-state index in [1.165, 1.54) is 0 Å². The van der Waals surface area contributed by atoms with Crippen molar-refractivity contribution in [1.82, 2.24) is 15.4 Å². The maximum absolute atomic E-state index is 10.3. The van der Waals surface area contributed by atoms with E-state index >= 15 is 0 Å². The van der Waals surface area contributed by atoms with E-state index in [2.05, 4.69) is 10.6 Å². The van der Waals surface area contributed by atoms with Crippen LogP contribution in [0, 0.1) is 0 Å². The molecule has 0 aliphatic carbocycles. The smallest absolute Gasteiger partial charge is 0.330 e. The number of nitrogens with one attached hydrogen (secondary N) is 3. The van der Waals surface area contributed by atoms with Crippen molar-refractivity contribution in [3.05, 3.63) is 0 Å². The lowest BCUT2D eigenvalue weighted by Crippen LogP contribution is -2.27. The molecule has 0 heterocycles. The number of hydrogen-bond donors (Lipinski definition) is 5. The minimum atomic E-state index is -4.03. The third kappa shape index (κ3) is 15.8. The Labute approximate surface area is 110 Å². The summed E-state index contributed by atoms with van der Waals surface area (Å²) in [7, 11) is -4.03. The summed E-state index contributed by atoms with van der Waals surface area (Å²) in [5.41, 5.74) is 5.37. The predicted octanol–water partition coefficient (Wildman–Crippen LogP) is -0.923. The second kappa shape index (κ2) is 11.8. The van der Waals surface area contributed by atoms with Crippen molar-refractivity contribution in [2.75, 3.05) is 39.3 Å². The molecule has 110 valence electrons. The molecule has 0 aromatic heterocycles. The van der Waals surface area contributed by atoms with E-state index in [1.54, 1.807) is 0 Å². The maximum Gasteiger partial charge on any atom is 0.333 e. The number of hydrogen-bond acceptors (Lipinski definition) is 5. The molecular weight excluding hydrogens is 256 g/mol. The Hall–Kier alpha value is -0.250. The normalized spacial score (nSPS) is 11.9. The summed E-state index contributed by atoms with van der Waals surface area (Å²) in [6, 6.07) is 0. The zero-order valence-corrected chi connectivity index (χ0v) is 11.6. The fourth-order valence-corrected chi connectivity index (χ4v) is 1.79. The molecule has 0 radical (unpaired) electrons. The Bertz CT molecular complexity index is 272. The van der Waals surface area contributed by atoms with Crippen molar-refractivity contribution >= 4 is 10.3 Å². The van der Waals surface area contributed by atoms with Crippen LogP contribution in [0.1, 0.15) is 25.7 Å². The van der Waals surface area contributed by atoms with Crippen molar-refractivity contribution in [3.8, 4) is 0 Å². The van der Waals surface area contributed by atoms with Gasteiger partial charge in [0.2, 0.25) is 0 Å². The Morgan fingerprint density at radius 3 is 1.83 bits per heavy atom. The van der Waals surface area contributed by atoms with Gasteiger partial charge in [-0.25, -0.2) is 0 Å². The lowest BCUT2D eigenvalue weighted by atomic mass is 10.3. The molecule has 0 fully saturated rings. The van der Waals surface area contributed by atoms with Crippen LogP contribution < -0.4 is 21.1 Å². The molecule has 0 rings (SSSR count). The first-order chi connectivity index (χ1) is 8.56. The molecule has 0 amide bonds. The van der Waals surface area contributed by atoms with Crippen LogP contribution in [-0.2, 0) is 10.3 Å².